The van der Waals surface area contributed by atoms with Gasteiger partial charge in [-0.2, -0.15) is 0 Å². The van der Waals surface area contributed by atoms with Crippen molar-refractivity contribution in [2.45, 2.75) is 0 Å². The van der Waals surface area contributed by atoms with Crippen molar-refractivity contribution in [3.63, 3.8) is 0 Å². The summed E-state index contributed by atoms with van der Waals surface area (Å²) < 4.78 is 4.75. The van der Waals surface area contributed by atoms with Gasteiger partial charge in [0.25, 0.3) is 0 Å². The van der Waals surface area contributed by atoms with Crippen molar-refractivity contribution in [1.82, 2.24) is 15.3 Å². The SMILES string of the molecule is C1=C(c2cnno2)SNO1. The molecule has 0 fully saturated rings. The van der Waals surface area contributed by atoms with E-state index < -0.39 is 0 Å². The minimum atomic E-state index is 0.606. The lowest BCUT2D eigenvalue weighted by atomic mass is 10.5. The molecule has 0 saturated carbocycles. The quantitative estimate of drug-likeness (QED) is 0.601. The molecule has 2 rings (SSSR count). The molecule has 1 aromatic rings. The van der Waals surface area contributed by atoms with Gasteiger partial charge in [0, 0.05) is 17.2 Å². The lowest BCUT2D eigenvalue weighted by Gasteiger charge is -1.85. The van der Waals surface area contributed by atoms with E-state index in [2.05, 4.69) is 15.3 Å². The summed E-state index contributed by atoms with van der Waals surface area (Å²) in [6.45, 7) is 0. The van der Waals surface area contributed by atoms with Crippen molar-refractivity contribution < 1.29 is 9.36 Å². The zero-order valence-corrected chi connectivity index (χ0v) is 5.59. The lowest BCUT2D eigenvalue weighted by Crippen LogP contribution is -1.89. The van der Waals surface area contributed by atoms with Crippen LogP contribution >= 0.6 is 11.9 Å². The second-order valence-electron chi connectivity index (χ2n) is 1.57. The van der Waals surface area contributed by atoms with Gasteiger partial charge in [-0.15, -0.1) is 5.10 Å². The Bertz CT molecular complexity index is 245. The molecular formula is C4H3N3O2S. The van der Waals surface area contributed by atoms with Crippen LogP contribution in [0.1, 0.15) is 5.76 Å². The Hall–Kier alpha value is -1.01. The molecule has 2 heterocycles. The molecule has 1 aliphatic heterocycles. The third kappa shape index (κ3) is 0.869. The first kappa shape index (κ1) is 5.75. The summed E-state index contributed by atoms with van der Waals surface area (Å²) in [6, 6.07) is 0. The van der Waals surface area contributed by atoms with Crippen molar-refractivity contribution in [3.8, 4) is 0 Å². The summed E-state index contributed by atoms with van der Waals surface area (Å²) >= 11 is 1.32. The van der Waals surface area contributed by atoms with Crippen LogP contribution in [0.2, 0.25) is 0 Å². The Morgan fingerprint density at radius 3 is 3.20 bits per heavy atom. The summed E-state index contributed by atoms with van der Waals surface area (Å²) in [4.78, 5) is 8.12. The van der Waals surface area contributed by atoms with Gasteiger partial charge in [-0.1, -0.05) is 4.89 Å². The van der Waals surface area contributed by atoms with E-state index in [4.69, 9.17) is 9.36 Å². The maximum absolute atomic E-state index is 4.75. The van der Waals surface area contributed by atoms with E-state index in [0.29, 0.717) is 5.76 Å². The summed E-state index contributed by atoms with van der Waals surface area (Å²) in [5.41, 5.74) is 0. The maximum atomic E-state index is 4.75. The zero-order chi connectivity index (χ0) is 6.81. The fourth-order valence-corrected chi connectivity index (χ4v) is 1.03. The molecule has 1 N–H and O–H groups in total. The second-order valence-corrected chi connectivity index (χ2v) is 2.38. The van der Waals surface area contributed by atoms with Crippen molar-refractivity contribution in [1.29, 1.82) is 0 Å². The van der Waals surface area contributed by atoms with Crippen LogP contribution in [0, 0.1) is 0 Å². The van der Waals surface area contributed by atoms with E-state index in [0.717, 1.165) is 4.91 Å². The molecule has 0 aromatic carbocycles. The zero-order valence-electron chi connectivity index (χ0n) is 4.77. The van der Waals surface area contributed by atoms with Gasteiger partial charge in [-0.25, -0.2) is 0 Å². The second kappa shape index (κ2) is 2.31. The molecule has 0 saturated heterocycles. The first-order valence-electron chi connectivity index (χ1n) is 2.52. The molecule has 0 unspecified atom stereocenters. The molecule has 0 atom stereocenters. The van der Waals surface area contributed by atoms with E-state index in [1.54, 1.807) is 0 Å². The molecule has 0 amide bonds. The van der Waals surface area contributed by atoms with Crippen LogP contribution in [0.25, 0.3) is 4.91 Å². The van der Waals surface area contributed by atoms with Gasteiger partial charge in [0.2, 0.25) is 0 Å². The van der Waals surface area contributed by atoms with E-state index >= 15 is 0 Å². The van der Waals surface area contributed by atoms with Crippen molar-refractivity contribution in [2.24, 2.45) is 0 Å². The smallest absolute Gasteiger partial charge is 0.198 e. The predicted octanol–water partition coefficient (Wildman–Crippen LogP) is 0.551. The number of nitrogens with zero attached hydrogens (tertiary/aromatic N) is 2. The minimum absolute atomic E-state index is 0.606. The van der Waals surface area contributed by atoms with Gasteiger partial charge >= 0.3 is 0 Å². The first-order chi connectivity index (χ1) is 4.97. The molecular weight excluding hydrogens is 154 g/mol. The van der Waals surface area contributed by atoms with Gasteiger partial charge in [-0.05, 0) is 0 Å². The number of rotatable bonds is 1. The van der Waals surface area contributed by atoms with Crippen molar-refractivity contribution in [2.75, 3.05) is 0 Å². The molecule has 0 bridgehead atoms. The Morgan fingerprint density at radius 1 is 1.60 bits per heavy atom. The normalized spacial score (nSPS) is 16.6. The van der Waals surface area contributed by atoms with E-state index in [1.807, 2.05) is 0 Å². The Kier molecular flexibility index (Phi) is 1.33. The molecule has 6 heteroatoms. The van der Waals surface area contributed by atoms with E-state index in [-0.39, 0.29) is 0 Å². The molecule has 10 heavy (non-hydrogen) atoms. The molecule has 0 radical (unpaired) electrons. The molecule has 1 aliphatic rings. The standard InChI is InChI=1S/C4H3N3O2S/c1-3(9-6-5-1)4-2-8-7-10-4/h1-2,7H. The maximum Gasteiger partial charge on any atom is 0.198 e. The molecule has 1 aromatic heterocycles. The van der Waals surface area contributed by atoms with E-state index in [1.165, 1.54) is 24.4 Å². The van der Waals surface area contributed by atoms with Crippen LogP contribution in [-0.4, -0.2) is 10.4 Å². The predicted molar refractivity (Wildman–Crippen MR) is 34.1 cm³/mol. The van der Waals surface area contributed by atoms with Crippen LogP contribution in [0.3, 0.4) is 0 Å². The number of hydrogen-bond acceptors (Lipinski definition) is 6. The average molecular weight is 157 g/mol. The van der Waals surface area contributed by atoms with Crippen LogP contribution in [-0.2, 0) is 4.84 Å². The average Bonchev–Trinajstić information content (AvgIpc) is 2.59. The molecule has 0 aliphatic carbocycles. The lowest BCUT2D eigenvalue weighted by molar-refractivity contribution is 0.224. The van der Waals surface area contributed by atoms with Gasteiger partial charge in [0.15, 0.2) is 5.76 Å². The summed E-state index contributed by atoms with van der Waals surface area (Å²) in [5, 5.41) is 6.82. The van der Waals surface area contributed by atoms with E-state index in [9.17, 15) is 0 Å². The highest BCUT2D eigenvalue weighted by molar-refractivity contribution is 8.06. The Morgan fingerprint density at radius 2 is 2.60 bits per heavy atom. The monoisotopic (exact) mass is 157 g/mol. The highest BCUT2D eigenvalue weighted by Gasteiger charge is 2.12. The van der Waals surface area contributed by atoms with Crippen molar-refractivity contribution >= 4 is 16.9 Å². The summed E-state index contributed by atoms with van der Waals surface area (Å²) in [5.74, 6) is 0.606. The molecule has 52 valence electrons. The fraction of sp³-hybridized carbons (Fsp3) is 0. The first-order valence-corrected chi connectivity index (χ1v) is 3.34. The number of hydrogen-bond donors (Lipinski definition) is 1. The molecule has 0 spiro atoms. The van der Waals surface area contributed by atoms with Gasteiger partial charge in [0.05, 0.1) is 6.20 Å². The highest BCUT2D eigenvalue weighted by atomic mass is 32.2. The third-order valence-electron chi connectivity index (χ3n) is 0.970. The van der Waals surface area contributed by atoms with Crippen LogP contribution in [0.4, 0.5) is 0 Å². The largest absolute Gasteiger partial charge is 0.404 e. The number of aromatic nitrogens is 2. The topological polar surface area (TPSA) is 60.2 Å². The van der Waals surface area contributed by atoms with Crippen LogP contribution < -0.4 is 4.89 Å². The Labute approximate surface area is 60.5 Å². The fourth-order valence-electron chi connectivity index (χ4n) is 0.555. The number of nitrogens with one attached hydrogen (secondary N) is 1. The van der Waals surface area contributed by atoms with Gasteiger partial charge in [0.1, 0.15) is 11.2 Å². The minimum Gasteiger partial charge on any atom is -0.404 e. The highest BCUT2D eigenvalue weighted by Crippen LogP contribution is 2.27. The third-order valence-corrected chi connectivity index (χ3v) is 1.67. The van der Waals surface area contributed by atoms with Crippen LogP contribution in [0.15, 0.2) is 17.0 Å². The summed E-state index contributed by atoms with van der Waals surface area (Å²) in [7, 11) is 0. The van der Waals surface area contributed by atoms with Gasteiger partial charge < -0.3 is 9.36 Å². The Balaban J connectivity index is 2.28. The van der Waals surface area contributed by atoms with Crippen LogP contribution in [0.5, 0.6) is 0 Å². The van der Waals surface area contributed by atoms with Gasteiger partial charge in [-0.3, -0.25) is 0 Å². The van der Waals surface area contributed by atoms with Crippen molar-refractivity contribution in [3.05, 3.63) is 18.2 Å². The summed E-state index contributed by atoms with van der Waals surface area (Å²) in [6.07, 6.45) is 3.06. The molecule has 5 nitrogen and oxygen atoms in total.